The average Bonchev–Trinajstić information content (AvgIpc) is 2.37. The van der Waals surface area contributed by atoms with Gasteiger partial charge >= 0.3 is 0 Å². The molecule has 5 heteroatoms. The van der Waals surface area contributed by atoms with Crippen LogP contribution in [0.2, 0.25) is 0 Å². The van der Waals surface area contributed by atoms with Gasteiger partial charge in [0.15, 0.2) is 0 Å². The number of rotatable bonds is 2. The van der Waals surface area contributed by atoms with Crippen molar-refractivity contribution in [1.82, 2.24) is 4.98 Å². The Morgan fingerprint density at radius 3 is 2.74 bits per heavy atom. The van der Waals surface area contributed by atoms with Crippen LogP contribution in [0.1, 0.15) is 16.7 Å². The Morgan fingerprint density at radius 1 is 1.37 bits per heavy atom. The smallest absolute Gasteiger partial charge is 0.237 e. The van der Waals surface area contributed by atoms with E-state index >= 15 is 0 Å². The van der Waals surface area contributed by atoms with E-state index in [2.05, 4.69) is 27.0 Å². The lowest BCUT2D eigenvalue weighted by Crippen LogP contribution is -1.97. The van der Waals surface area contributed by atoms with E-state index in [9.17, 15) is 4.39 Å². The zero-order valence-electron chi connectivity index (χ0n) is 10.4. The number of hydrogen-bond acceptors (Lipinski definition) is 3. The van der Waals surface area contributed by atoms with E-state index in [1.807, 2.05) is 0 Å². The van der Waals surface area contributed by atoms with E-state index in [1.54, 1.807) is 20.0 Å². The van der Waals surface area contributed by atoms with Gasteiger partial charge in [-0.05, 0) is 59.1 Å². The average molecular weight is 321 g/mol. The first-order valence-electron chi connectivity index (χ1n) is 5.52. The number of nitrogens with zero attached hydrogens (tertiary/aromatic N) is 2. The van der Waals surface area contributed by atoms with Gasteiger partial charge in [-0.15, -0.1) is 0 Å². The Balaban J connectivity index is 2.44. The van der Waals surface area contributed by atoms with Gasteiger partial charge in [0.05, 0.1) is 0 Å². The molecule has 2 rings (SSSR count). The molecule has 0 aliphatic rings. The highest BCUT2D eigenvalue weighted by molar-refractivity contribution is 9.10. The van der Waals surface area contributed by atoms with Crippen LogP contribution < -0.4 is 4.74 Å². The molecule has 0 amide bonds. The van der Waals surface area contributed by atoms with Crippen molar-refractivity contribution in [1.29, 1.82) is 5.26 Å². The molecule has 1 heterocycles. The van der Waals surface area contributed by atoms with Crippen molar-refractivity contribution in [2.75, 3.05) is 0 Å². The van der Waals surface area contributed by atoms with E-state index in [1.165, 1.54) is 18.2 Å². The molecule has 19 heavy (non-hydrogen) atoms. The van der Waals surface area contributed by atoms with Crippen LogP contribution in [0.4, 0.5) is 4.39 Å². The molecule has 0 bridgehead atoms. The molecule has 3 nitrogen and oxygen atoms in total. The van der Waals surface area contributed by atoms with Gasteiger partial charge in [-0.25, -0.2) is 9.37 Å². The maximum absolute atomic E-state index is 13.0. The van der Waals surface area contributed by atoms with Crippen molar-refractivity contribution in [3.8, 4) is 17.7 Å². The molecule has 1 aromatic carbocycles. The minimum absolute atomic E-state index is 0.220. The molecule has 0 saturated carbocycles. The van der Waals surface area contributed by atoms with Gasteiger partial charge < -0.3 is 4.74 Å². The van der Waals surface area contributed by atoms with Crippen molar-refractivity contribution >= 4 is 15.9 Å². The monoisotopic (exact) mass is 320 g/mol. The van der Waals surface area contributed by atoms with Crippen LogP contribution >= 0.6 is 15.9 Å². The standard InChI is InChI=1S/C14H10BrFN2O/c1-8-5-10(16)3-4-13(8)19-14-11(6-17)9(2)12(15)7-18-14/h3-5,7H,1-2H3. The molecule has 0 unspecified atom stereocenters. The lowest BCUT2D eigenvalue weighted by atomic mass is 10.1. The fourth-order valence-electron chi connectivity index (χ4n) is 1.60. The second-order valence-corrected chi connectivity index (χ2v) is 4.89. The number of halogens is 2. The minimum atomic E-state index is -0.328. The van der Waals surface area contributed by atoms with Gasteiger partial charge in [0, 0.05) is 10.7 Å². The predicted molar refractivity (Wildman–Crippen MR) is 72.6 cm³/mol. The number of aryl methyl sites for hydroxylation is 1. The number of benzene rings is 1. The number of aromatic nitrogens is 1. The summed E-state index contributed by atoms with van der Waals surface area (Å²) in [5.74, 6) is 0.371. The molecule has 0 saturated heterocycles. The second-order valence-electron chi connectivity index (χ2n) is 4.03. The van der Waals surface area contributed by atoms with Crippen LogP contribution in [-0.4, -0.2) is 4.98 Å². The summed E-state index contributed by atoms with van der Waals surface area (Å²) in [7, 11) is 0. The Morgan fingerprint density at radius 2 is 2.11 bits per heavy atom. The number of ether oxygens (including phenoxy) is 1. The summed E-state index contributed by atoms with van der Waals surface area (Å²) in [6, 6.07) is 6.26. The maximum Gasteiger partial charge on any atom is 0.237 e. The van der Waals surface area contributed by atoms with Crippen LogP contribution in [0.5, 0.6) is 11.6 Å². The number of pyridine rings is 1. The zero-order chi connectivity index (χ0) is 14.0. The highest BCUT2D eigenvalue weighted by atomic mass is 79.9. The maximum atomic E-state index is 13.0. The van der Waals surface area contributed by atoms with Crippen LogP contribution in [-0.2, 0) is 0 Å². The van der Waals surface area contributed by atoms with Gasteiger partial charge in [-0.1, -0.05) is 0 Å². The largest absolute Gasteiger partial charge is 0.437 e. The summed E-state index contributed by atoms with van der Waals surface area (Å²) in [5.41, 5.74) is 1.76. The summed E-state index contributed by atoms with van der Waals surface area (Å²) >= 11 is 3.31. The SMILES string of the molecule is Cc1cc(F)ccc1Oc1ncc(Br)c(C)c1C#N. The first-order valence-corrected chi connectivity index (χ1v) is 6.31. The Hall–Kier alpha value is -1.93. The molecule has 96 valence electrons. The van der Waals surface area contributed by atoms with Crippen LogP contribution in [0.3, 0.4) is 0 Å². The minimum Gasteiger partial charge on any atom is -0.437 e. The van der Waals surface area contributed by atoms with Gasteiger partial charge in [-0.3, -0.25) is 0 Å². The van der Waals surface area contributed by atoms with E-state index in [-0.39, 0.29) is 11.7 Å². The quantitative estimate of drug-likeness (QED) is 0.830. The third kappa shape index (κ3) is 2.74. The molecule has 0 radical (unpaired) electrons. The molecule has 2 aromatic rings. The Bertz CT molecular complexity index is 680. The molecule has 1 aromatic heterocycles. The Labute approximate surface area is 118 Å². The molecule has 0 N–H and O–H groups in total. The third-order valence-corrected chi connectivity index (χ3v) is 3.50. The number of nitriles is 1. The normalized spacial score (nSPS) is 10.1. The topological polar surface area (TPSA) is 45.9 Å². The molecule has 0 atom stereocenters. The van der Waals surface area contributed by atoms with Crippen molar-refractivity contribution in [3.63, 3.8) is 0 Å². The van der Waals surface area contributed by atoms with E-state index in [4.69, 9.17) is 10.00 Å². The van der Waals surface area contributed by atoms with E-state index in [0.717, 1.165) is 10.0 Å². The van der Waals surface area contributed by atoms with Crippen LogP contribution in [0.15, 0.2) is 28.9 Å². The number of hydrogen-bond donors (Lipinski definition) is 0. The highest BCUT2D eigenvalue weighted by Crippen LogP contribution is 2.30. The summed E-state index contributed by atoms with van der Waals surface area (Å²) in [4.78, 5) is 4.08. The van der Waals surface area contributed by atoms with Gasteiger partial charge in [-0.2, -0.15) is 5.26 Å². The summed E-state index contributed by atoms with van der Waals surface area (Å²) < 4.78 is 19.4. The molecule has 0 aliphatic carbocycles. The molecular formula is C14H10BrFN2O. The highest BCUT2D eigenvalue weighted by Gasteiger charge is 2.13. The zero-order valence-corrected chi connectivity index (χ0v) is 12.0. The van der Waals surface area contributed by atoms with E-state index in [0.29, 0.717) is 16.9 Å². The van der Waals surface area contributed by atoms with Crippen molar-refractivity contribution < 1.29 is 9.13 Å². The van der Waals surface area contributed by atoms with Gasteiger partial charge in [0.25, 0.3) is 0 Å². The summed E-state index contributed by atoms with van der Waals surface area (Å²) in [5, 5.41) is 9.16. The molecule has 0 spiro atoms. The molecular weight excluding hydrogens is 311 g/mol. The fourth-order valence-corrected chi connectivity index (χ4v) is 1.90. The predicted octanol–water partition coefficient (Wildman–Crippen LogP) is 4.26. The van der Waals surface area contributed by atoms with E-state index < -0.39 is 0 Å². The third-order valence-electron chi connectivity index (χ3n) is 2.70. The summed E-state index contributed by atoms with van der Waals surface area (Å²) in [6.45, 7) is 3.53. The lowest BCUT2D eigenvalue weighted by molar-refractivity contribution is 0.455. The Kier molecular flexibility index (Phi) is 3.82. The fraction of sp³-hybridized carbons (Fsp3) is 0.143. The van der Waals surface area contributed by atoms with Gasteiger partial charge in [0.1, 0.15) is 23.2 Å². The lowest BCUT2D eigenvalue weighted by Gasteiger charge is -2.10. The van der Waals surface area contributed by atoms with Crippen molar-refractivity contribution in [2.45, 2.75) is 13.8 Å². The first-order chi connectivity index (χ1) is 9.02. The van der Waals surface area contributed by atoms with Crippen molar-refractivity contribution in [2.24, 2.45) is 0 Å². The van der Waals surface area contributed by atoms with Crippen LogP contribution in [0, 0.1) is 31.0 Å². The molecule has 0 fully saturated rings. The summed E-state index contributed by atoms with van der Waals surface area (Å²) in [6.07, 6.45) is 1.57. The first kappa shape index (κ1) is 13.5. The van der Waals surface area contributed by atoms with Gasteiger partial charge in [0.2, 0.25) is 5.88 Å². The molecule has 0 aliphatic heterocycles. The van der Waals surface area contributed by atoms with Crippen molar-refractivity contribution in [3.05, 3.63) is 51.4 Å². The second kappa shape index (κ2) is 5.37. The van der Waals surface area contributed by atoms with Crippen LogP contribution in [0.25, 0.3) is 0 Å².